The lowest BCUT2D eigenvalue weighted by Crippen LogP contribution is -2.11. The van der Waals surface area contributed by atoms with Crippen molar-refractivity contribution in [1.29, 1.82) is 5.26 Å². The molecule has 0 saturated carbocycles. The Morgan fingerprint density at radius 2 is 2.33 bits per heavy atom. The molecule has 0 saturated heterocycles. The van der Waals surface area contributed by atoms with Crippen LogP contribution in [0.25, 0.3) is 0 Å². The summed E-state index contributed by atoms with van der Waals surface area (Å²) in [5.74, 6) is 0.129. The van der Waals surface area contributed by atoms with Gasteiger partial charge < -0.3 is 0 Å². The molecule has 12 heavy (non-hydrogen) atoms. The predicted molar refractivity (Wildman–Crippen MR) is 45.8 cm³/mol. The van der Waals surface area contributed by atoms with Gasteiger partial charge >= 0.3 is 0 Å². The fourth-order valence-corrected chi connectivity index (χ4v) is 1.35. The number of nitrogens with zero attached hydrogens (tertiary/aromatic N) is 1. The second-order valence-corrected chi connectivity index (χ2v) is 3.39. The van der Waals surface area contributed by atoms with Crippen LogP contribution in [-0.4, -0.2) is 0 Å². The van der Waals surface area contributed by atoms with Crippen molar-refractivity contribution in [3.63, 3.8) is 0 Å². The number of hydrogen-bond acceptors (Lipinski definition) is 1. The Morgan fingerprint density at radius 3 is 2.75 bits per heavy atom. The van der Waals surface area contributed by atoms with Gasteiger partial charge in [-0.05, 0) is 18.4 Å². The molecule has 0 fully saturated rings. The largest absolute Gasteiger partial charge is 0.211 e. The molecule has 0 aliphatic heterocycles. The maximum atomic E-state index is 13.2. The van der Waals surface area contributed by atoms with E-state index in [1.807, 2.05) is 19.9 Å². The van der Waals surface area contributed by atoms with E-state index in [9.17, 15) is 4.39 Å². The lowest BCUT2D eigenvalue weighted by atomic mass is 9.87. The standard InChI is InChI=1S/C10H12FN/c1-7(2)9-4-3-8(6-12)5-10(9)11/h3,5,7,9H,4H2,1-2H3. The van der Waals surface area contributed by atoms with Crippen LogP contribution in [0, 0.1) is 23.2 Å². The van der Waals surface area contributed by atoms with E-state index in [2.05, 4.69) is 0 Å². The normalized spacial score (nSPS) is 23.1. The molecule has 0 radical (unpaired) electrons. The highest BCUT2D eigenvalue weighted by Gasteiger charge is 2.20. The van der Waals surface area contributed by atoms with Crippen molar-refractivity contribution in [2.75, 3.05) is 0 Å². The summed E-state index contributed by atoms with van der Waals surface area (Å²) >= 11 is 0. The van der Waals surface area contributed by atoms with Crippen molar-refractivity contribution in [3.05, 3.63) is 23.6 Å². The van der Waals surface area contributed by atoms with Gasteiger partial charge in [-0.3, -0.25) is 0 Å². The van der Waals surface area contributed by atoms with Gasteiger partial charge in [-0.1, -0.05) is 19.9 Å². The summed E-state index contributed by atoms with van der Waals surface area (Å²) < 4.78 is 13.2. The van der Waals surface area contributed by atoms with Crippen LogP contribution in [0.1, 0.15) is 20.3 Å². The quantitative estimate of drug-likeness (QED) is 0.586. The summed E-state index contributed by atoms with van der Waals surface area (Å²) in [6, 6.07) is 1.94. The molecule has 0 N–H and O–H groups in total. The molecule has 0 aromatic heterocycles. The second kappa shape index (κ2) is 3.53. The minimum Gasteiger partial charge on any atom is -0.211 e. The van der Waals surface area contributed by atoms with E-state index in [0.29, 0.717) is 17.9 Å². The van der Waals surface area contributed by atoms with Gasteiger partial charge in [-0.25, -0.2) is 4.39 Å². The summed E-state index contributed by atoms with van der Waals surface area (Å²) in [6.07, 6.45) is 3.80. The summed E-state index contributed by atoms with van der Waals surface area (Å²) in [6.45, 7) is 3.98. The number of rotatable bonds is 1. The lowest BCUT2D eigenvalue weighted by Gasteiger charge is -2.19. The maximum Gasteiger partial charge on any atom is 0.105 e. The van der Waals surface area contributed by atoms with Gasteiger partial charge in [0.25, 0.3) is 0 Å². The van der Waals surface area contributed by atoms with E-state index < -0.39 is 0 Å². The Hall–Kier alpha value is -1.10. The van der Waals surface area contributed by atoms with E-state index in [1.54, 1.807) is 6.08 Å². The summed E-state index contributed by atoms with van der Waals surface area (Å²) in [7, 11) is 0. The molecule has 64 valence electrons. The molecule has 1 nitrogen and oxygen atoms in total. The molecule has 1 rings (SSSR count). The third kappa shape index (κ3) is 1.73. The van der Waals surface area contributed by atoms with Crippen LogP contribution in [-0.2, 0) is 0 Å². The highest BCUT2D eigenvalue weighted by atomic mass is 19.1. The van der Waals surface area contributed by atoms with Crippen molar-refractivity contribution in [3.8, 4) is 6.07 Å². The number of halogens is 1. The molecular formula is C10H12FN. The SMILES string of the molecule is CC(C)C1CC=C(C#N)C=C1F. The first-order chi connectivity index (χ1) is 5.65. The Morgan fingerprint density at radius 1 is 1.67 bits per heavy atom. The zero-order chi connectivity index (χ0) is 9.14. The van der Waals surface area contributed by atoms with Crippen molar-refractivity contribution in [1.82, 2.24) is 0 Å². The fraction of sp³-hybridized carbons (Fsp3) is 0.500. The van der Waals surface area contributed by atoms with Gasteiger partial charge in [-0.15, -0.1) is 0 Å². The van der Waals surface area contributed by atoms with E-state index in [1.165, 1.54) is 6.08 Å². The fourth-order valence-electron chi connectivity index (χ4n) is 1.35. The average molecular weight is 165 g/mol. The van der Waals surface area contributed by atoms with Crippen molar-refractivity contribution in [2.45, 2.75) is 20.3 Å². The minimum absolute atomic E-state index is 0.0258. The second-order valence-electron chi connectivity index (χ2n) is 3.39. The summed E-state index contributed by atoms with van der Waals surface area (Å²) in [4.78, 5) is 0. The van der Waals surface area contributed by atoms with E-state index in [4.69, 9.17) is 5.26 Å². The Bertz CT molecular complexity index is 268. The Labute approximate surface area is 72.2 Å². The topological polar surface area (TPSA) is 23.8 Å². The summed E-state index contributed by atoms with van der Waals surface area (Å²) in [5, 5.41) is 8.50. The van der Waals surface area contributed by atoms with E-state index in [0.717, 1.165) is 0 Å². The molecule has 2 heteroatoms. The predicted octanol–water partition coefficient (Wildman–Crippen LogP) is 2.97. The van der Waals surface area contributed by atoms with Crippen molar-refractivity contribution >= 4 is 0 Å². The lowest BCUT2D eigenvalue weighted by molar-refractivity contribution is 0.366. The molecule has 1 unspecified atom stereocenters. The molecule has 0 heterocycles. The molecule has 0 spiro atoms. The number of allylic oxidation sites excluding steroid dienone is 4. The van der Waals surface area contributed by atoms with Crippen LogP contribution < -0.4 is 0 Å². The molecule has 0 amide bonds. The van der Waals surface area contributed by atoms with Crippen LogP contribution in [0.5, 0.6) is 0 Å². The van der Waals surface area contributed by atoms with Crippen LogP contribution in [0.3, 0.4) is 0 Å². The van der Waals surface area contributed by atoms with Gasteiger partial charge in [0.2, 0.25) is 0 Å². The number of hydrogen-bond donors (Lipinski definition) is 0. The minimum atomic E-state index is -0.149. The first kappa shape index (κ1) is 8.99. The third-order valence-electron chi connectivity index (χ3n) is 2.17. The van der Waals surface area contributed by atoms with Gasteiger partial charge in [0.05, 0.1) is 11.6 Å². The monoisotopic (exact) mass is 165 g/mol. The zero-order valence-corrected chi connectivity index (χ0v) is 7.34. The first-order valence-electron chi connectivity index (χ1n) is 4.12. The van der Waals surface area contributed by atoms with Gasteiger partial charge in [0.1, 0.15) is 5.83 Å². The molecule has 1 aliphatic rings. The zero-order valence-electron chi connectivity index (χ0n) is 7.34. The Kier molecular flexibility index (Phi) is 2.65. The highest BCUT2D eigenvalue weighted by molar-refractivity contribution is 5.37. The van der Waals surface area contributed by atoms with Crippen LogP contribution in [0.2, 0.25) is 0 Å². The van der Waals surface area contributed by atoms with Crippen molar-refractivity contribution < 1.29 is 4.39 Å². The molecule has 0 aromatic rings. The first-order valence-corrected chi connectivity index (χ1v) is 4.12. The van der Waals surface area contributed by atoms with Gasteiger partial charge in [-0.2, -0.15) is 5.26 Å². The van der Waals surface area contributed by atoms with E-state index >= 15 is 0 Å². The van der Waals surface area contributed by atoms with Gasteiger partial charge in [0, 0.05) is 5.92 Å². The van der Waals surface area contributed by atoms with Crippen LogP contribution >= 0.6 is 0 Å². The highest BCUT2D eigenvalue weighted by Crippen LogP contribution is 2.30. The van der Waals surface area contributed by atoms with Gasteiger partial charge in [0.15, 0.2) is 0 Å². The molecule has 0 aromatic carbocycles. The molecule has 1 aliphatic carbocycles. The van der Waals surface area contributed by atoms with E-state index in [-0.39, 0.29) is 11.7 Å². The third-order valence-corrected chi connectivity index (χ3v) is 2.17. The average Bonchev–Trinajstić information content (AvgIpc) is 2.03. The smallest absolute Gasteiger partial charge is 0.105 e. The maximum absolute atomic E-state index is 13.2. The van der Waals surface area contributed by atoms with Crippen LogP contribution in [0.4, 0.5) is 4.39 Å². The Balaban J connectivity index is 2.78. The number of nitriles is 1. The van der Waals surface area contributed by atoms with Crippen molar-refractivity contribution in [2.24, 2.45) is 11.8 Å². The van der Waals surface area contributed by atoms with Crippen LogP contribution in [0.15, 0.2) is 23.6 Å². The summed E-state index contributed by atoms with van der Waals surface area (Å²) in [5.41, 5.74) is 0.449. The molecule has 1 atom stereocenters. The molecular weight excluding hydrogens is 153 g/mol. The molecule has 0 bridgehead atoms.